The molecule has 1 amide bonds. The maximum absolute atomic E-state index is 12.6. The number of halogens is 1. The molecule has 1 unspecified atom stereocenters. The van der Waals surface area contributed by atoms with Crippen molar-refractivity contribution in [3.8, 4) is 0 Å². The number of guanidine groups is 1. The third-order valence-corrected chi connectivity index (χ3v) is 6.34. The van der Waals surface area contributed by atoms with E-state index in [1.54, 1.807) is 12.1 Å². The number of piperazine rings is 1. The van der Waals surface area contributed by atoms with Gasteiger partial charge in [0.15, 0.2) is 5.96 Å². The van der Waals surface area contributed by atoms with Crippen LogP contribution in [0.4, 0.5) is 5.69 Å². The number of nitro groups is 1. The number of amides is 1. The fourth-order valence-corrected chi connectivity index (χ4v) is 4.49. The lowest BCUT2D eigenvalue weighted by Gasteiger charge is -2.38. The molecule has 3 aliphatic rings. The Balaban J connectivity index is 0.00000289. The summed E-state index contributed by atoms with van der Waals surface area (Å²) in [6.45, 7) is 3.95. The van der Waals surface area contributed by atoms with Crippen molar-refractivity contribution in [2.75, 3.05) is 32.8 Å². The van der Waals surface area contributed by atoms with Gasteiger partial charge in [0, 0.05) is 51.0 Å². The number of aliphatic imine (C=N–C) groups is 1. The van der Waals surface area contributed by atoms with Crippen molar-refractivity contribution in [3.05, 3.63) is 39.9 Å². The Bertz CT molecular complexity index is 799. The summed E-state index contributed by atoms with van der Waals surface area (Å²) >= 11 is 0. The zero-order valence-electron chi connectivity index (χ0n) is 18.3. The maximum Gasteiger partial charge on any atom is 0.269 e. The number of carbonyl (C=O) groups excluding carboxylic acids is 1. The molecule has 0 bridgehead atoms. The first-order chi connectivity index (χ1) is 15.1. The summed E-state index contributed by atoms with van der Waals surface area (Å²) < 4.78 is 5.56. The van der Waals surface area contributed by atoms with E-state index in [-0.39, 0.29) is 41.7 Å². The van der Waals surface area contributed by atoms with Crippen molar-refractivity contribution in [1.29, 1.82) is 0 Å². The lowest BCUT2D eigenvalue weighted by atomic mass is 10.2. The highest BCUT2D eigenvalue weighted by atomic mass is 127. The standard InChI is InChI=1S/C22H31N5O4.HI/c28-21(20-6-3-15-31-20)25-11-13-26(14-12-25)22(24-18-4-1-2-5-18)23-16-17-7-9-19(10-8-17)27(29)30;/h7-10,18,20H,1-6,11-16H2,(H,23,24);1H. The van der Waals surface area contributed by atoms with E-state index in [4.69, 9.17) is 9.73 Å². The maximum atomic E-state index is 12.6. The molecular formula is C22H32IN5O4. The van der Waals surface area contributed by atoms with Crippen molar-refractivity contribution >= 4 is 41.5 Å². The van der Waals surface area contributed by atoms with Crippen LogP contribution in [0.15, 0.2) is 29.3 Å². The van der Waals surface area contributed by atoms with Gasteiger partial charge in [-0.05, 0) is 31.2 Å². The molecule has 32 heavy (non-hydrogen) atoms. The van der Waals surface area contributed by atoms with Gasteiger partial charge in [0.2, 0.25) is 0 Å². The summed E-state index contributed by atoms with van der Waals surface area (Å²) in [6.07, 6.45) is 6.28. The fraction of sp³-hybridized carbons (Fsp3) is 0.636. The second-order valence-corrected chi connectivity index (χ2v) is 8.50. The number of nitrogens with one attached hydrogen (secondary N) is 1. The number of ether oxygens (including phenoxy) is 1. The Morgan fingerprint density at radius 1 is 1.06 bits per heavy atom. The second kappa shape index (κ2) is 11.8. The average molecular weight is 557 g/mol. The van der Waals surface area contributed by atoms with Crippen LogP contribution in [0, 0.1) is 10.1 Å². The van der Waals surface area contributed by atoms with Gasteiger partial charge >= 0.3 is 0 Å². The van der Waals surface area contributed by atoms with Gasteiger partial charge in [0.1, 0.15) is 6.10 Å². The SMILES string of the molecule is I.O=C(C1CCCO1)N1CCN(C(=NCc2ccc([N+](=O)[O-])cc2)NC2CCCC2)CC1. The molecule has 2 heterocycles. The number of non-ortho nitro benzene ring substituents is 1. The predicted octanol–water partition coefficient (Wildman–Crippen LogP) is 2.92. The smallest absolute Gasteiger partial charge is 0.269 e. The molecule has 10 heteroatoms. The summed E-state index contributed by atoms with van der Waals surface area (Å²) in [7, 11) is 0. The van der Waals surface area contributed by atoms with Crippen molar-refractivity contribution < 1.29 is 14.5 Å². The summed E-state index contributed by atoms with van der Waals surface area (Å²) in [5.74, 6) is 0.986. The summed E-state index contributed by atoms with van der Waals surface area (Å²) in [4.78, 5) is 32.1. The van der Waals surface area contributed by atoms with Crippen LogP contribution in [-0.4, -0.2) is 71.5 Å². The molecule has 1 atom stereocenters. The van der Waals surface area contributed by atoms with Gasteiger partial charge < -0.3 is 19.9 Å². The number of hydrogen-bond acceptors (Lipinski definition) is 5. The van der Waals surface area contributed by atoms with Crippen LogP contribution in [-0.2, 0) is 16.1 Å². The topological polar surface area (TPSA) is 100 Å². The van der Waals surface area contributed by atoms with E-state index in [0.29, 0.717) is 32.3 Å². The van der Waals surface area contributed by atoms with Gasteiger partial charge in [-0.25, -0.2) is 4.99 Å². The largest absolute Gasteiger partial charge is 0.368 e. The third-order valence-electron chi connectivity index (χ3n) is 6.34. The van der Waals surface area contributed by atoms with Crippen LogP contribution < -0.4 is 5.32 Å². The van der Waals surface area contributed by atoms with E-state index in [9.17, 15) is 14.9 Å². The fourth-order valence-electron chi connectivity index (χ4n) is 4.49. The third kappa shape index (κ3) is 6.31. The molecule has 1 saturated carbocycles. The molecule has 176 valence electrons. The van der Waals surface area contributed by atoms with Crippen molar-refractivity contribution in [2.45, 2.75) is 57.2 Å². The van der Waals surface area contributed by atoms with E-state index in [2.05, 4.69) is 10.2 Å². The molecule has 2 aliphatic heterocycles. The van der Waals surface area contributed by atoms with Crippen LogP contribution >= 0.6 is 24.0 Å². The zero-order valence-corrected chi connectivity index (χ0v) is 20.6. The Labute approximate surface area is 205 Å². The zero-order chi connectivity index (χ0) is 21.6. The van der Waals surface area contributed by atoms with Crippen molar-refractivity contribution in [3.63, 3.8) is 0 Å². The molecule has 2 saturated heterocycles. The average Bonchev–Trinajstić information content (AvgIpc) is 3.51. The van der Waals surface area contributed by atoms with Crippen LogP contribution in [0.1, 0.15) is 44.1 Å². The summed E-state index contributed by atoms with van der Waals surface area (Å²) in [5.41, 5.74) is 1.02. The lowest BCUT2D eigenvalue weighted by molar-refractivity contribution is -0.384. The first-order valence-corrected chi connectivity index (χ1v) is 11.3. The van der Waals surface area contributed by atoms with Crippen LogP contribution in [0.5, 0.6) is 0 Å². The Morgan fingerprint density at radius 3 is 2.31 bits per heavy atom. The highest BCUT2D eigenvalue weighted by Gasteiger charge is 2.31. The Kier molecular flexibility index (Phi) is 9.09. The molecule has 1 aliphatic carbocycles. The number of hydrogen-bond donors (Lipinski definition) is 1. The van der Waals surface area contributed by atoms with Crippen molar-refractivity contribution in [1.82, 2.24) is 15.1 Å². The quantitative estimate of drug-likeness (QED) is 0.197. The van der Waals surface area contributed by atoms with E-state index in [1.165, 1.54) is 25.0 Å². The number of nitrogens with zero attached hydrogens (tertiary/aromatic N) is 4. The van der Waals surface area contributed by atoms with Crippen LogP contribution in [0.25, 0.3) is 0 Å². The van der Waals surface area contributed by atoms with Crippen LogP contribution in [0.2, 0.25) is 0 Å². The molecule has 0 radical (unpaired) electrons. The van der Waals surface area contributed by atoms with Gasteiger partial charge in [0.25, 0.3) is 11.6 Å². The number of nitro benzene ring substituents is 1. The Morgan fingerprint density at radius 2 is 1.72 bits per heavy atom. The molecule has 0 aromatic heterocycles. The molecule has 9 nitrogen and oxygen atoms in total. The minimum absolute atomic E-state index is 0. The summed E-state index contributed by atoms with van der Waals surface area (Å²) in [5, 5.41) is 14.5. The Hall–Kier alpha value is -1.95. The highest BCUT2D eigenvalue weighted by molar-refractivity contribution is 14.0. The van der Waals surface area contributed by atoms with Gasteiger partial charge in [-0.1, -0.05) is 25.0 Å². The minimum Gasteiger partial charge on any atom is -0.368 e. The summed E-state index contributed by atoms with van der Waals surface area (Å²) in [6, 6.07) is 6.98. The van der Waals surface area contributed by atoms with Crippen molar-refractivity contribution in [2.24, 2.45) is 4.99 Å². The molecule has 1 aromatic rings. The van der Waals surface area contributed by atoms with Gasteiger partial charge in [-0.2, -0.15) is 0 Å². The first kappa shape index (κ1) is 24.7. The van der Waals surface area contributed by atoms with E-state index >= 15 is 0 Å². The van der Waals surface area contributed by atoms with E-state index in [1.807, 2.05) is 4.90 Å². The van der Waals surface area contributed by atoms with E-state index in [0.717, 1.165) is 50.3 Å². The van der Waals surface area contributed by atoms with Gasteiger partial charge in [-0.3, -0.25) is 14.9 Å². The molecule has 1 N–H and O–H groups in total. The molecular weight excluding hydrogens is 525 g/mol. The highest BCUT2D eigenvalue weighted by Crippen LogP contribution is 2.20. The number of benzene rings is 1. The second-order valence-electron chi connectivity index (χ2n) is 8.50. The van der Waals surface area contributed by atoms with Crippen LogP contribution in [0.3, 0.4) is 0 Å². The molecule has 4 rings (SSSR count). The van der Waals surface area contributed by atoms with Gasteiger partial charge in [-0.15, -0.1) is 24.0 Å². The normalized spacial score (nSPS) is 22.0. The first-order valence-electron chi connectivity index (χ1n) is 11.3. The monoisotopic (exact) mass is 557 g/mol. The number of carbonyl (C=O) groups is 1. The molecule has 0 spiro atoms. The van der Waals surface area contributed by atoms with E-state index < -0.39 is 4.92 Å². The number of rotatable bonds is 5. The molecule has 1 aromatic carbocycles. The minimum atomic E-state index is -0.391. The lowest BCUT2D eigenvalue weighted by Crippen LogP contribution is -2.56. The molecule has 3 fully saturated rings. The predicted molar refractivity (Wildman–Crippen MR) is 132 cm³/mol. The van der Waals surface area contributed by atoms with Gasteiger partial charge in [0.05, 0.1) is 11.5 Å².